The van der Waals surface area contributed by atoms with Crippen molar-refractivity contribution >= 4 is 22.5 Å². The van der Waals surface area contributed by atoms with Gasteiger partial charge in [0.1, 0.15) is 0 Å². The molecule has 10 nitrogen and oxygen atoms in total. The van der Waals surface area contributed by atoms with E-state index in [4.69, 9.17) is 4.74 Å². The fraction of sp³-hybridized carbons (Fsp3) is 0.250. The van der Waals surface area contributed by atoms with Crippen LogP contribution in [0.15, 0.2) is 82.4 Å². The number of amides is 1. The van der Waals surface area contributed by atoms with Crippen LogP contribution in [0.5, 0.6) is 0 Å². The molecule has 5 rings (SSSR count). The molecule has 0 bridgehead atoms. The number of hydrogen-bond acceptors (Lipinski definition) is 6. The van der Waals surface area contributed by atoms with E-state index in [2.05, 4.69) is 5.32 Å². The predicted octanol–water partition coefficient (Wildman–Crippen LogP) is 2.95. The van der Waals surface area contributed by atoms with Gasteiger partial charge in [-0.05, 0) is 48.2 Å². The molecular weight excluding hydrogens is 488 g/mol. The smallest absolute Gasteiger partial charge is 0.336 e. The number of para-hydroxylation sites is 1. The van der Waals surface area contributed by atoms with Crippen molar-refractivity contribution in [1.29, 1.82) is 0 Å². The zero-order chi connectivity index (χ0) is 26.6. The molecule has 1 atom stereocenters. The number of nitrogens with zero attached hydrogens (tertiary/aromatic N) is 3. The van der Waals surface area contributed by atoms with Crippen LogP contribution < -0.4 is 16.6 Å². The minimum atomic E-state index is -0.567. The highest BCUT2D eigenvalue weighted by Crippen LogP contribution is 2.17. The first-order chi connectivity index (χ1) is 18.4. The lowest BCUT2D eigenvalue weighted by Crippen LogP contribution is -2.39. The van der Waals surface area contributed by atoms with Crippen LogP contribution >= 0.6 is 0 Å². The molecule has 1 amide bonds. The molecular formula is C28H26N4O6. The maximum absolute atomic E-state index is 13.6. The number of aromatic nitrogens is 2. The standard InChI is InChI=1S/C28H26N4O6/c33-26(29-17-23-7-4-14-38-23)16-19-10-12-21(13-11-19)31-27(34)24-8-1-2-9-25(24)30(28(31)35)18-20-5-3-6-22(15-20)32(36)37/h1-3,5-6,8-13,15,23H,4,7,14,16-18H2,(H,29,33)/t23-/m1/s1. The number of nitro benzene ring substituents is 1. The fourth-order valence-corrected chi connectivity index (χ4v) is 4.70. The van der Waals surface area contributed by atoms with Crippen molar-refractivity contribution in [3.63, 3.8) is 0 Å². The number of carbonyl (C=O) groups excluding carboxylic acids is 1. The van der Waals surface area contributed by atoms with Gasteiger partial charge in [0.25, 0.3) is 11.2 Å². The van der Waals surface area contributed by atoms with Crippen molar-refractivity contribution in [2.75, 3.05) is 13.2 Å². The number of nitro groups is 1. The Hall–Kier alpha value is -4.57. The number of non-ortho nitro benzene ring substituents is 1. The van der Waals surface area contributed by atoms with E-state index >= 15 is 0 Å². The van der Waals surface area contributed by atoms with Crippen LogP contribution in [0.1, 0.15) is 24.0 Å². The first kappa shape index (κ1) is 25.1. The van der Waals surface area contributed by atoms with E-state index in [0.717, 1.165) is 29.6 Å². The molecule has 1 aliphatic heterocycles. The molecule has 1 fully saturated rings. The van der Waals surface area contributed by atoms with E-state index < -0.39 is 16.2 Å². The van der Waals surface area contributed by atoms with Gasteiger partial charge in [-0.3, -0.25) is 24.3 Å². The first-order valence-electron chi connectivity index (χ1n) is 12.4. The average Bonchev–Trinajstić information content (AvgIpc) is 3.45. The van der Waals surface area contributed by atoms with Crippen molar-refractivity contribution in [3.8, 4) is 5.69 Å². The monoisotopic (exact) mass is 514 g/mol. The van der Waals surface area contributed by atoms with Crippen LogP contribution in [0.2, 0.25) is 0 Å². The summed E-state index contributed by atoms with van der Waals surface area (Å²) in [5.41, 5.74) is 0.978. The van der Waals surface area contributed by atoms with Gasteiger partial charge in [-0.25, -0.2) is 9.36 Å². The third-order valence-corrected chi connectivity index (χ3v) is 6.62. The molecule has 2 heterocycles. The number of carbonyl (C=O) groups is 1. The third kappa shape index (κ3) is 5.25. The lowest BCUT2D eigenvalue weighted by Gasteiger charge is -2.15. The number of fused-ring (bicyclic) bond motifs is 1. The molecule has 4 aromatic rings. The Balaban J connectivity index is 1.45. The summed E-state index contributed by atoms with van der Waals surface area (Å²) in [5, 5.41) is 14.4. The SMILES string of the molecule is O=C(Cc1ccc(-n2c(=O)c3ccccc3n(Cc3cccc([N+](=O)[O-])c3)c2=O)cc1)NC[C@H]1CCCO1. The van der Waals surface area contributed by atoms with E-state index in [0.29, 0.717) is 28.7 Å². The number of ether oxygens (including phenoxy) is 1. The highest BCUT2D eigenvalue weighted by Gasteiger charge is 2.18. The second kappa shape index (κ2) is 10.8. The highest BCUT2D eigenvalue weighted by molar-refractivity contribution is 5.79. The van der Waals surface area contributed by atoms with Gasteiger partial charge in [-0.15, -0.1) is 0 Å². The number of nitrogens with one attached hydrogen (secondary N) is 1. The minimum Gasteiger partial charge on any atom is -0.376 e. The summed E-state index contributed by atoms with van der Waals surface area (Å²) in [4.78, 5) is 50.0. The Labute approximate surface area is 217 Å². The van der Waals surface area contributed by atoms with Gasteiger partial charge in [-0.2, -0.15) is 0 Å². The molecule has 3 aromatic carbocycles. The van der Waals surface area contributed by atoms with Gasteiger partial charge in [0, 0.05) is 25.3 Å². The van der Waals surface area contributed by atoms with E-state index in [1.54, 1.807) is 60.7 Å². The lowest BCUT2D eigenvalue weighted by molar-refractivity contribution is -0.384. The molecule has 10 heteroatoms. The first-order valence-corrected chi connectivity index (χ1v) is 12.4. The summed E-state index contributed by atoms with van der Waals surface area (Å²) in [6.45, 7) is 1.25. The lowest BCUT2D eigenvalue weighted by atomic mass is 10.1. The summed E-state index contributed by atoms with van der Waals surface area (Å²) in [5.74, 6) is -0.129. The Morgan fingerprint density at radius 3 is 2.55 bits per heavy atom. The van der Waals surface area contributed by atoms with Gasteiger partial charge >= 0.3 is 5.69 Å². The Morgan fingerprint density at radius 1 is 1.03 bits per heavy atom. The molecule has 0 radical (unpaired) electrons. The second-order valence-electron chi connectivity index (χ2n) is 9.24. The van der Waals surface area contributed by atoms with Gasteiger partial charge in [0.05, 0.1) is 40.6 Å². The maximum atomic E-state index is 13.6. The van der Waals surface area contributed by atoms with Gasteiger partial charge in [-0.1, -0.05) is 36.4 Å². The normalized spacial score (nSPS) is 15.0. The summed E-state index contributed by atoms with van der Waals surface area (Å²) >= 11 is 0. The molecule has 0 aliphatic carbocycles. The number of benzene rings is 3. The Kier molecular flexibility index (Phi) is 7.14. The predicted molar refractivity (Wildman–Crippen MR) is 142 cm³/mol. The van der Waals surface area contributed by atoms with Crippen molar-refractivity contribution in [3.05, 3.63) is 115 Å². The molecule has 38 heavy (non-hydrogen) atoms. The van der Waals surface area contributed by atoms with Crippen molar-refractivity contribution in [2.24, 2.45) is 0 Å². The zero-order valence-corrected chi connectivity index (χ0v) is 20.5. The number of hydrogen-bond donors (Lipinski definition) is 1. The second-order valence-corrected chi connectivity index (χ2v) is 9.24. The molecule has 0 spiro atoms. The molecule has 1 N–H and O–H groups in total. The third-order valence-electron chi connectivity index (χ3n) is 6.62. The van der Waals surface area contributed by atoms with Crippen LogP contribution in [-0.4, -0.2) is 39.2 Å². The largest absolute Gasteiger partial charge is 0.376 e. The average molecular weight is 515 g/mol. The van der Waals surface area contributed by atoms with E-state index in [1.807, 2.05) is 0 Å². The van der Waals surface area contributed by atoms with Crippen LogP contribution in [0, 0.1) is 10.1 Å². The molecule has 0 unspecified atom stereocenters. The summed E-state index contributed by atoms with van der Waals surface area (Å²) in [6, 6.07) is 19.5. The Bertz CT molecular complexity index is 1620. The van der Waals surface area contributed by atoms with E-state index in [9.17, 15) is 24.5 Å². The molecule has 1 aromatic heterocycles. The molecule has 1 saturated heterocycles. The van der Waals surface area contributed by atoms with Gasteiger partial charge in [0.15, 0.2) is 0 Å². The van der Waals surface area contributed by atoms with Crippen LogP contribution in [-0.2, 0) is 22.5 Å². The summed E-state index contributed by atoms with van der Waals surface area (Å²) < 4.78 is 8.04. The minimum absolute atomic E-state index is 0.0459. The molecule has 194 valence electrons. The molecule has 1 aliphatic rings. The van der Waals surface area contributed by atoms with Crippen molar-refractivity contribution in [1.82, 2.24) is 14.5 Å². The fourth-order valence-electron chi connectivity index (χ4n) is 4.70. The van der Waals surface area contributed by atoms with E-state index in [1.165, 1.54) is 16.7 Å². The van der Waals surface area contributed by atoms with E-state index in [-0.39, 0.29) is 30.7 Å². The maximum Gasteiger partial charge on any atom is 0.336 e. The number of rotatable bonds is 8. The molecule has 0 saturated carbocycles. The topological polar surface area (TPSA) is 125 Å². The highest BCUT2D eigenvalue weighted by atomic mass is 16.6. The quantitative estimate of drug-likeness (QED) is 0.285. The van der Waals surface area contributed by atoms with Crippen LogP contribution in [0.25, 0.3) is 16.6 Å². The summed E-state index contributed by atoms with van der Waals surface area (Å²) in [6.07, 6.45) is 2.17. The Morgan fingerprint density at radius 2 is 1.82 bits per heavy atom. The van der Waals surface area contributed by atoms with Crippen LogP contribution in [0.4, 0.5) is 5.69 Å². The summed E-state index contributed by atoms with van der Waals surface area (Å²) in [7, 11) is 0. The van der Waals surface area contributed by atoms with Gasteiger partial charge < -0.3 is 10.1 Å². The zero-order valence-electron chi connectivity index (χ0n) is 20.5. The van der Waals surface area contributed by atoms with Crippen LogP contribution in [0.3, 0.4) is 0 Å². The van der Waals surface area contributed by atoms with Crippen molar-refractivity contribution in [2.45, 2.75) is 31.9 Å². The van der Waals surface area contributed by atoms with Gasteiger partial charge in [0.2, 0.25) is 5.91 Å². The van der Waals surface area contributed by atoms with Crippen molar-refractivity contribution < 1.29 is 14.5 Å².